The van der Waals surface area contributed by atoms with Gasteiger partial charge in [0.2, 0.25) is 0 Å². The lowest BCUT2D eigenvalue weighted by molar-refractivity contribution is 0.197. The van der Waals surface area contributed by atoms with Crippen molar-refractivity contribution in [1.82, 2.24) is 19.1 Å². The first-order valence-corrected chi connectivity index (χ1v) is 9.53. The molecule has 2 aliphatic rings. The molecule has 3 aromatic heterocycles. The van der Waals surface area contributed by atoms with E-state index in [4.69, 9.17) is 11.6 Å². The number of fused-ring (bicyclic) bond motifs is 8. The highest BCUT2D eigenvalue weighted by Gasteiger charge is 2.14. The number of hydrogen-bond donors (Lipinski definition) is 2. The van der Waals surface area contributed by atoms with Gasteiger partial charge in [0.1, 0.15) is 0 Å². The van der Waals surface area contributed by atoms with E-state index >= 15 is 0 Å². The molecule has 9 heteroatoms. The third-order valence-corrected chi connectivity index (χ3v) is 5.18. The van der Waals surface area contributed by atoms with Gasteiger partial charge in [-0.25, -0.2) is 28.7 Å². The van der Waals surface area contributed by atoms with E-state index in [1.165, 1.54) is 0 Å². The average Bonchev–Trinajstić information content (AvgIpc) is 3.46. The van der Waals surface area contributed by atoms with Gasteiger partial charge in [-0.2, -0.15) is 0 Å². The van der Waals surface area contributed by atoms with Gasteiger partial charge in [0.05, 0.1) is 49.9 Å². The summed E-state index contributed by atoms with van der Waals surface area (Å²) in [4.78, 5) is 32.7. The molecule has 5 rings (SSSR count). The van der Waals surface area contributed by atoms with Crippen LogP contribution >= 0.6 is 11.6 Å². The molecule has 0 radical (unpaired) electrons. The molecule has 0 fully saturated rings. The molecule has 0 saturated carbocycles. The molecule has 5 heterocycles. The van der Waals surface area contributed by atoms with Gasteiger partial charge in [-0.05, 0) is 66.8 Å². The minimum atomic E-state index is -1.19. The second-order valence-corrected chi connectivity index (χ2v) is 7.30. The Balaban J connectivity index is 1.95. The van der Waals surface area contributed by atoms with Crippen molar-refractivity contribution in [3.63, 3.8) is 0 Å². The van der Waals surface area contributed by atoms with Crippen molar-refractivity contribution in [3.8, 4) is 0 Å². The van der Waals surface area contributed by atoms with Gasteiger partial charge in [0.25, 0.3) is 0 Å². The van der Waals surface area contributed by atoms with E-state index in [9.17, 15) is 19.8 Å². The third kappa shape index (κ3) is 3.28. The summed E-state index contributed by atoms with van der Waals surface area (Å²) in [6.45, 7) is 0. The van der Waals surface area contributed by atoms with E-state index in [0.717, 1.165) is 9.13 Å². The minimum Gasteiger partial charge on any atom is -0.464 e. The van der Waals surface area contributed by atoms with Crippen LogP contribution in [-0.2, 0) is 0 Å². The Bertz CT molecular complexity index is 1510. The zero-order valence-corrected chi connectivity index (χ0v) is 16.5. The van der Waals surface area contributed by atoms with E-state index in [1.807, 2.05) is 0 Å². The van der Waals surface area contributed by atoms with Crippen LogP contribution < -0.4 is 0 Å². The van der Waals surface area contributed by atoms with Crippen LogP contribution in [0.4, 0.5) is 9.59 Å². The van der Waals surface area contributed by atoms with Gasteiger partial charge in [-0.1, -0.05) is 11.6 Å². The lowest BCUT2D eigenvalue weighted by atomic mass is 10.3. The Hall–Kier alpha value is -4.17. The maximum atomic E-state index is 11.9. The molecule has 0 spiro atoms. The fraction of sp³-hybridized carbons (Fsp3) is 0. The molecular weight excluding hydrogens is 420 g/mol. The Morgan fingerprint density at radius 1 is 0.677 bits per heavy atom. The number of nitrogens with zero attached hydrogens (tertiary/aromatic N) is 4. The summed E-state index contributed by atoms with van der Waals surface area (Å²) in [6.07, 6.45) is 4.54. The number of hydrogen-bond acceptors (Lipinski definition) is 4. The highest BCUT2D eigenvalue weighted by atomic mass is 35.5. The van der Waals surface area contributed by atoms with Crippen LogP contribution in [0.2, 0.25) is 5.02 Å². The molecular formula is C22H13ClN4O4. The largest absolute Gasteiger partial charge is 0.464 e. The molecule has 8 bridgehead atoms. The Kier molecular flexibility index (Phi) is 4.23. The second kappa shape index (κ2) is 6.96. The molecule has 0 saturated heterocycles. The first kappa shape index (κ1) is 18.8. The van der Waals surface area contributed by atoms with Gasteiger partial charge >= 0.3 is 12.2 Å². The number of aromatic nitrogens is 4. The molecule has 152 valence electrons. The van der Waals surface area contributed by atoms with Crippen molar-refractivity contribution in [2.45, 2.75) is 0 Å². The molecule has 0 aliphatic carbocycles. The molecule has 2 aliphatic heterocycles. The number of rotatable bonds is 0. The normalized spacial score (nSPS) is 12.3. The minimum absolute atomic E-state index is 0.258. The van der Waals surface area contributed by atoms with Crippen LogP contribution in [0.25, 0.3) is 46.4 Å². The highest BCUT2D eigenvalue weighted by Crippen LogP contribution is 2.26. The highest BCUT2D eigenvalue weighted by molar-refractivity contribution is 6.35. The lowest BCUT2D eigenvalue weighted by Gasteiger charge is -1.99. The average molecular weight is 433 g/mol. The SMILES string of the molecule is O=C(O)n1c2ccc1cc1nc(cc3c(Cl)cc(cc4nc(c2)C=C4)n3C(=O)O)C=C1. The quantitative estimate of drug-likeness (QED) is 0.343. The van der Waals surface area contributed by atoms with Gasteiger partial charge < -0.3 is 10.2 Å². The molecule has 2 N–H and O–H groups in total. The second-order valence-electron chi connectivity index (χ2n) is 6.89. The van der Waals surface area contributed by atoms with Crippen LogP contribution in [-0.4, -0.2) is 41.5 Å². The lowest BCUT2D eigenvalue weighted by Crippen LogP contribution is -2.07. The predicted molar refractivity (Wildman–Crippen MR) is 118 cm³/mol. The van der Waals surface area contributed by atoms with Crippen LogP contribution in [0.15, 0.2) is 42.5 Å². The fourth-order valence-corrected chi connectivity index (χ4v) is 3.84. The molecule has 8 nitrogen and oxygen atoms in total. The Morgan fingerprint density at radius 2 is 1.13 bits per heavy atom. The molecule has 0 unspecified atom stereocenters. The maximum Gasteiger partial charge on any atom is 0.416 e. The summed E-state index contributed by atoms with van der Waals surface area (Å²) in [5.74, 6) is 0. The van der Waals surface area contributed by atoms with Gasteiger partial charge in [-0.3, -0.25) is 0 Å². The molecule has 31 heavy (non-hydrogen) atoms. The number of carboxylic acid groups (broad SMARTS) is 2. The molecule has 0 amide bonds. The van der Waals surface area contributed by atoms with Gasteiger partial charge in [0, 0.05) is 0 Å². The van der Waals surface area contributed by atoms with Gasteiger partial charge in [0.15, 0.2) is 0 Å². The summed E-state index contributed by atoms with van der Waals surface area (Å²) < 4.78 is 2.23. The molecule has 3 aromatic rings. The molecule has 0 aromatic carbocycles. The first-order chi connectivity index (χ1) is 14.9. The fourth-order valence-electron chi connectivity index (χ4n) is 3.59. The topological polar surface area (TPSA) is 110 Å². The van der Waals surface area contributed by atoms with E-state index in [-0.39, 0.29) is 10.5 Å². The van der Waals surface area contributed by atoms with Crippen molar-refractivity contribution >= 4 is 70.2 Å². The van der Waals surface area contributed by atoms with Crippen LogP contribution in [0.1, 0.15) is 22.8 Å². The Labute approximate surface area is 179 Å². The van der Waals surface area contributed by atoms with E-state index in [2.05, 4.69) is 9.97 Å². The van der Waals surface area contributed by atoms with Crippen LogP contribution in [0.3, 0.4) is 0 Å². The smallest absolute Gasteiger partial charge is 0.416 e. The van der Waals surface area contributed by atoms with Crippen molar-refractivity contribution in [2.24, 2.45) is 0 Å². The summed E-state index contributed by atoms with van der Waals surface area (Å²) in [5.41, 5.74) is 3.54. The summed E-state index contributed by atoms with van der Waals surface area (Å²) >= 11 is 6.34. The van der Waals surface area contributed by atoms with E-state index in [0.29, 0.717) is 39.3 Å². The zero-order chi connectivity index (χ0) is 21.7. The predicted octanol–water partition coefficient (Wildman–Crippen LogP) is 5.31. The van der Waals surface area contributed by atoms with Gasteiger partial charge in [-0.15, -0.1) is 0 Å². The van der Waals surface area contributed by atoms with E-state index < -0.39 is 12.2 Å². The van der Waals surface area contributed by atoms with Crippen LogP contribution in [0, 0.1) is 0 Å². The standard InChI is InChI=1S/C22H13ClN4O4/c23-19-11-18-9-14-2-1-12(24-14)7-16-5-6-17(26(16)21(28)29)8-13-3-4-15(25-13)10-20(19)27(18)22(30)31/h1-11H,(H,28,29)(H,30,31). The van der Waals surface area contributed by atoms with Crippen molar-refractivity contribution in [3.05, 3.63) is 70.3 Å². The van der Waals surface area contributed by atoms with E-state index in [1.54, 1.807) is 66.8 Å². The third-order valence-electron chi connectivity index (χ3n) is 4.88. The Morgan fingerprint density at radius 3 is 1.61 bits per heavy atom. The zero-order valence-electron chi connectivity index (χ0n) is 15.7. The van der Waals surface area contributed by atoms with Crippen molar-refractivity contribution < 1.29 is 19.8 Å². The van der Waals surface area contributed by atoms with Crippen LogP contribution in [0.5, 0.6) is 0 Å². The number of halogens is 1. The summed E-state index contributed by atoms with van der Waals surface area (Å²) in [6, 6.07) is 11.4. The summed E-state index contributed by atoms with van der Waals surface area (Å²) in [7, 11) is 0. The van der Waals surface area contributed by atoms with Crippen molar-refractivity contribution in [2.75, 3.05) is 0 Å². The maximum absolute atomic E-state index is 11.9. The first-order valence-electron chi connectivity index (χ1n) is 9.15. The van der Waals surface area contributed by atoms with Crippen molar-refractivity contribution in [1.29, 1.82) is 0 Å². The number of carbonyl (C=O) groups is 2. The monoisotopic (exact) mass is 432 g/mol. The molecule has 0 atom stereocenters. The summed E-state index contributed by atoms with van der Waals surface area (Å²) in [5, 5.41) is 19.7.